The second kappa shape index (κ2) is 4.49. The third kappa shape index (κ3) is 1.90. The molecular weight excluding hydrogens is 232 g/mol. The van der Waals surface area contributed by atoms with Crippen LogP contribution in [0.2, 0.25) is 0 Å². The standard InChI is InChI=1S/C13H16N2O3/c16-11-4-2-1-3-9(11)8-15-10-7-14-6-5-12(10)18-13(15)17/h1-4,10,12,14,16H,5-8H2. The van der Waals surface area contributed by atoms with Gasteiger partial charge in [0.25, 0.3) is 0 Å². The Labute approximate surface area is 105 Å². The van der Waals surface area contributed by atoms with E-state index in [0.29, 0.717) is 6.54 Å². The number of carbonyl (C=O) groups is 1. The lowest BCUT2D eigenvalue weighted by atomic mass is 10.0. The average molecular weight is 248 g/mol. The average Bonchev–Trinajstić information content (AvgIpc) is 2.69. The number of rotatable bonds is 2. The molecule has 2 fully saturated rings. The van der Waals surface area contributed by atoms with E-state index in [9.17, 15) is 9.90 Å². The summed E-state index contributed by atoms with van der Waals surface area (Å²) in [6.45, 7) is 2.04. The van der Waals surface area contributed by atoms with E-state index in [0.717, 1.165) is 25.1 Å². The smallest absolute Gasteiger partial charge is 0.410 e. The molecule has 5 heteroatoms. The molecule has 0 radical (unpaired) electrons. The number of ether oxygens (including phenoxy) is 1. The van der Waals surface area contributed by atoms with Crippen LogP contribution in [0.5, 0.6) is 5.75 Å². The highest BCUT2D eigenvalue weighted by Gasteiger charge is 2.42. The van der Waals surface area contributed by atoms with Crippen molar-refractivity contribution in [2.75, 3.05) is 13.1 Å². The molecule has 0 spiro atoms. The van der Waals surface area contributed by atoms with Gasteiger partial charge in [0.1, 0.15) is 11.9 Å². The first-order valence-electron chi connectivity index (χ1n) is 6.20. The van der Waals surface area contributed by atoms with Gasteiger partial charge in [-0.2, -0.15) is 0 Å². The van der Waals surface area contributed by atoms with Crippen LogP contribution in [-0.4, -0.2) is 41.3 Å². The lowest BCUT2D eigenvalue weighted by Gasteiger charge is -2.28. The maximum atomic E-state index is 11.9. The molecule has 0 aromatic heterocycles. The van der Waals surface area contributed by atoms with E-state index in [1.54, 1.807) is 17.0 Å². The second-order valence-corrected chi connectivity index (χ2v) is 4.74. The van der Waals surface area contributed by atoms with Crippen molar-refractivity contribution in [3.8, 4) is 5.75 Å². The maximum Gasteiger partial charge on any atom is 0.410 e. The van der Waals surface area contributed by atoms with E-state index in [4.69, 9.17) is 4.74 Å². The van der Waals surface area contributed by atoms with Crippen molar-refractivity contribution in [3.05, 3.63) is 29.8 Å². The van der Waals surface area contributed by atoms with Crippen LogP contribution in [0.25, 0.3) is 0 Å². The van der Waals surface area contributed by atoms with Gasteiger partial charge in [0.15, 0.2) is 0 Å². The van der Waals surface area contributed by atoms with E-state index < -0.39 is 0 Å². The van der Waals surface area contributed by atoms with Gasteiger partial charge in [-0.15, -0.1) is 0 Å². The van der Waals surface area contributed by atoms with E-state index in [-0.39, 0.29) is 24.0 Å². The number of piperidine rings is 1. The summed E-state index contributed by atoms with van der Waals surface area (Å²) in [5.74, 6) is 0.220. The largest absolute Gasteiger partial charge is 0.508 e. The van der Waals surface area contributed by atoms with Crippen molar-refractivity contribution < 1.29 is 14.6 Å². The van der Waals surface area contributed by atoms with Crippen LogP contribution < -0.4 is 5.32 Å². The number of phenols is 1. The Morgan fingerprint density at radius 3 is 3.11 bits per heavy atom. The Hall–Kier alpha value is -1.75. The highest BCUT2D eigenvalue weighted by Crippen LogP contribution is 2.27. The quantitative estimate of drug-likeness (QED) is 0.822. The Balaban J connectivity index is 1.79. The van der Waals surface area contributed by atoms with Crippen molar-refractivity contribution in [3.63, 3.8) is 0 Å². The Morgan fingerprint density at radius 1 is 1.44 bits per heavy atom. The normalized spacial score (nSPS) is 26.9. The summed E-state index contributed by atoms with van der Waals surface area (Å²) in [5.41, 5.74) is 0.751. The van der Waals surface area contributed by atoms with Gasteiger partial charge in [0, 0.05) is 12.1 Å². The minimum absolute atomic E-state index is 0.00962. The zero-order valence-electron chi connectivity index (χ0n) is 10.0. The highest BCUT2D eigenvalue weighted by molar-refractivity contribution is 5.71. The van der Waals surface area contributed by atoms with Crippen LogP contribution in [0.4, 0.5) is 4.79 Å². The van der Waals surface area contributed by atoms with Crippen LogP contribution in [0.1, 0.15) is 12.0 Å². The van der Waals surface area contributed by atoms with E-state index in [2.05, 4.69) is 5.32 Å². The van der Waals surface area contributed by atoms with E-state index in [1.165, 1.54) is 0 Å². The fraction of sp³-hybridized carbons (Fsp3) is 0.462. The predicted octanol–water partition coefficient (Wildman–Crippen LogP) is 1.07. The SMILES string of the molecule is O=C1OC2CCNCC2N1Cc1ccccc1O. The summed E-state index contributed by atoms with van der Waals surface area (Å²) in [6, 6.07) is 7.16. The molecule has 2 saturated heterocycles. The summed E-state index contributed by atoms with van der Waals surface area (Å²) in [5, 5.41) is 13.0. The molecule has 0 bridgehead atoms. The van der Waals surface area contributed by atoms with Crippen LogP contribution in [0.15, 0.2) is 24.3 Å². The number of hydrogen-bond acceptors (Lipinski definition) is 4. The number of para-hydroxylation sites is 1. The van der Waals surface area contributed by atoms with Crippen LogP contribution in [-0.2, 0) is 11.3 Å². The van der Waals surface area contributed by atoms with Gasteiger partial charge in [0.2, 0.25) is 0 Å². The molecule has 5 nitrogen and oxygen atoms in total. The molecule has 96 valence electrons. The van der Waals surface area contributed by atoms with Gasteiger partial charge in [-0.1, -0.05) is 18.2 Å². The number of hydrogen-bond donors (Lipinski definition) is 2. The fourth-order valence-electron chi connectivity index (χ4n) is 2.61. The maximum absolute atomic E-state index is 11.9. The minimum Gasteiger partial charge on any atom is -0.508 e. The van der Waals surface area contributed by atoms with Gasteiger partial charge in [0.05, 0.1) is 12.6 Å². The number of nitrogens with zero attached hydrogens (tertiary/aromatic N) is 1. The van der Waals surface area contributed by atoms with Crippen molar-refractivity contribution in [1.82, 2.24) is 10.2 Å². The molecule has 2 atom stereocenters. The van der Waals surface area contributed by atoms with Crippen molar-refractivity contribution >= 4 is 6.09 Å². The molecule has 1 amide bonds. The molecule has 2 aliphatic heterocycles. The van der Waals surface area contributed by atoms with Crippen molar-refractivity contribution in [1.29, 1.82) is 0 Å². The summed E-state index contributed by atoms with van der Waals surface area (Å²) in [6.07, 6.45) is 0.565. The number of aromatic hydroxyl groups is 1. The number of benzene rings is 1. The molecule has 3 rings (SSSR count). The Bertz CT molecular complexity index is 463. The molecular formula is C13H16N2O3. The summed E-state index contributed by atoms with van der Waals surface area (Å²) in [7, 11) is 0. The summed E-state index contributed by atoms with van der Waals surface area (Å²) >= 11 is 0. The van der Waals surface area contributed by atoms with Crippen LogP contribution >= 0.6 is 0 Å². The first-order valence-corrected chi connectivity index (χ1v) is 6.20. The van der Waals surface area contributed by atoms with Crippen LogP contribution in [0.3, 0.4) is 0 Å². The summed E-state index contributed by atoms with van der Waals surface area (Å²) in [4.78, 5) is 13.6. The third-order valence-corrected chi connectivity index (χ3v) is 3.61. The summed E-state index contributed by atoms with van der Waals surface area (Å²) < 4.78 is 5.36. The molecule has 1 aromatic rings. The van der Waals surface area contributed by atoms with Crippen molar-refractivity contribution in [2.24, 2.45) is 0 Å². The molecule has 2 unspecified atom stereocenters. The first-order chi connectivity index (χ1) is 8.75. The molecule has 2 N–H and O–H groups in total. The monoisotopic (exact) mass is 248 g/mol. The van der Waals surface area contributed by atoms with Crippen molar-refractivity contribution in [2.45, 2.75) is 25.1 Å². The van der Waals surface area contributed by atoms with Gasteiger partial charge in [-0.3, -0.25) is 4.90 Å². The van der Waals surface area contributed by atoms with E-state index >= 15 is 0 Å². The Morgan fingerprint density at radius 2 is 2.28 bits per heavy atom. The van der Waals surface area contributed by atoms with Gasteiger partial charge >= 0.3 is 6.09 Å². The molecule has 0 saturated carbocycles. The topological polar surface area (TPSA) is 61.8 Å². The lowest BCUT2D eigenvalue weighted by Crippen LogP contribution is -2.48. The molecule has 1 aromatic carbocycles. The number of nitrogens with one attached hydrogen (secondary N) is 1. The predicted molar refractivity (Wildman–Crippen MR) is 65.2 cm³/mol. The number of amides is 1. The zero-order chi connectivity index (χ0) is 12.5. The number of carbonyl (C=O) groups excluding carboxylic acids is 1. The fourth-order valence-corrected chi connectivity index (χ4v) is 2.61. The molecule has 18 heavy (non-hydrogen) atoms. The minimum atomic E-state index is -0.281. The van der Waals surface area contributed by atoms with Gasteiger partial charge in [-0.25, -0.2) is 4.79 Å². The molecule has 2 aliphatic rings. The zero-order valence-corrected chi connectivity index (χ0v) is 10.0. The Kier molecular flexibility index (Phi) is 2.83. The number of phenolic OH excluding ortho intramolecular Hbond substituents is 1. The highest BCUT2D eigenvalue weighted by atomic mass is 16.6. The first kappa shape index (κ1) is 11.3. The number of fused-ring (bicyclic) bond motifs is 1. The van der Waals surface area contributed by atoms with E-state index in [1.807, 2.05) is 12.1 Å². The third-order valence-electron chi connectivity index (χ3n) is 3.61. The van der Waals surface area contributed by atoms with Gasteiger partial charge in [-0.05, 0) is 19.0 Å². The molecule has 2 heterocycles. The van der Waals surface area contributed by atoms with Gasteiger partial charge < -0.3 is 15.2 Å². The van der Waals surface area contributed by atoms with Crippen LogP contribution in [0, 0.1) is 0 Å². The second-order valence-electron chi connectivity index (χ2n) is 4.74. The molecule has 0 aliphatic carbocycles. The lowest BCUT2D eigenvalue weighted by molar-refractivity contribution is 0.117.